The fraction of sp³-hybridized carbons (Fsp3) is 0.357. The molecule has 2 rings (SSSR count). The Morgan fingerprint density at radius 1 is 1.43 bits per heavy atom. The van der Waals surface area contributed by atoms with Gasteiger partial charge in [-0.3, -0.25) is 9.78 Å². The van der Waals surface area contributed by atoms with E-state index in [0.717, 1.165) is 5.56 Å². The van der Waals surface area contributed by atoms with Crippen molar-refractivity contribution in [1.29, 1.82) is 0 Å². The number of nitrogens with one attached hydrogen (secondary N) is 2. The van der Waals surface area contributed by atoms with Crippen LogP contribution < -0.4 is 10.6 Å². The van der Waals surface area contributed by atoms with Gasteiger partial charge in [-0.05, 0) is 18.6 Å². The van der Waals surface area contributed by atoms with Crippen LogP contribution in [0.4, 0.5) is 4.79 Å². The van der Waals surface area contributed by atoms with Crippen molar-refractivity contribution in [2.75, 3.05) is 14.1 Å². The molecule has 2 aromatic rings. The van der Waals surface area contributed by atoms with Gasteiger partial charge in [-0.25, -0.2) is 4.79 Å². The van der Waals surface area contributed by atoms with E-state index in [2.05, 4.69) is 25.8 Å². The van der Waals surface area contributed by atoms with E-state index in [1.54, 1.807) is 19.4 Å². The molecule has 122 valence electrons. The number of aromatic nitrogens is 3. The maximum Gasteiger partial charge on any atom is 0.318 e. The average Bonchev–Trinajstić information content (AvgIpc) is 3.07. The Balaban J connectivity index is 1.91. The van der Waals surface area contributed by atoms with Crippen LogP contribution in [0, 0.1) is 0 Å². The number of hydrogen-bond donors (Lipinski definition) is 2. The smallest absolute Gasteiger partial charge is 0.318 e. The van der Waals surface area contributed by atoms with Gasteiger partial charge in [-0.15, -0.1) is 0 Å². The van der Waals surface area contributed by atoms with Gasteiger partial charge in [0.25, 0.3) is 11.7 Å². The van der Waals surface area contributed by atoms with E-state index in [4.69, 9.17) is 4.52 Å². The summed E-state index contributed by atoms with van der Waals surface area (Å²) in [7, 11) is 3.14. The molecular weight excluding hydrogens is 300 g/mol. The summed E-state index contributed by atoms with van der Waals surface area (Å²) in [5.74, 6) is -0.373. The Morgan fingerprint density at radius 2 is 2.22 bits per heavy atom. The van der Waals surface area contributed by atoms with Gasteiger partial charge in [0.05, 0.1) is 12.6 Å². The lowest BCUT2D eigenvalue weighted by atomic mass is 10.1. The summed E-state index contributed by atoms with van der Waals surface area (Å²) in [5, 5.41) is 8.56. The number of carbonyl (C=O) groups excluding carboxylic acids is 2. The highest BCUT2D eigenvalue weighted by Gasteiger charge is 2.19. The van der Waals surface area contributed by atoms with Crippen LogP contribution in [-0.4, -0.2) is 46.1 Å². The van der Waals surface area contributed by atoms with Crippen LogP contribution >= 0.6 is 0 Å². The highest BCUT2D eigenvalue weighted by atomic mass is 16.5. The monoisotopic (exact) mass is 318 g/mol. The molecule has 0 aliphatic rings. The minimum atomic E-state index is -0.450. The lowest BCUT2D eigenvalue weighted by Gasteiger charge is -2.25. The first-order valence-corrected chi connectivity index (χ1v) is 6.98. The van der Waals surface area contributed by atoms with E-state index < -0.39 is 5.91 Å². The van der Waals surface area contributed by atoms with Crippen molar-refractivity contribution in [3.05, 3.63) is 41.8 Å². The van der Waals surface area contributed by atoms with Crippen LogP contribution in [0.3, 0.4) is 0 Å². The Bertz CT molecular complexity index is 672. The summed E-state index contributed by atoms with van der Waals surface area (Å²) in [5.41, 5.74) is 0.921. The van der Waals surface area contributed by atoms with E-state index in [1.165, 1.54) is 11.9 Å². The predicted octanol–water partition coefficient (Wildman–Crippen LogP) is 0.727. The molecule has 0 aliphatic carbocycles. The molecule has 0 radical (unpaired) electrons. The molecule has 2 aromatic heterocycles. The lowest BCUT2D eigenvalue weighted by molar-refractivity contribution is 0.0950. The third-order valence-corrected chi connectivity index (χ3v) is 3.36. The van der Waals surface area contributed by atoms with Crippen LogP contribution in [0.5, 0.6) is 0 Å². The highest BCUT2D eigenvalue weighted by Crippen LogP contribution is 2.17. The molecule has 2 N–H and O–H groups in total. The molecule has 23 heavy (non-hydrogen) atoms. The van der Waals surface area contributed by atoms with Crippen molar-refractivity contribution in [3.63, 3.8) is 0 Å². The van der Waals surface area contributed by atoms with E-state index in [0.29, 0.717) is 0 Å². The first-order chi connectivity index (χ1) is 11.0. The van der Waals surface area contributed by atoms with E-state index >= 15 is 0 Å². The fourth-order valence-electron chi connectivity index (χ4n) is 1.83. The normalized spacial score (nSPS) is 11.6. The van der Waals surface area contributed by atoms with Crippen LogP contribution in [0.2, 0.25) is 0 Å². The average molecular weight is 318 g/mol. The molecule has 3 amide bonds. The second-order valence-electron chi connectivity index (χ2n) is 4.82. The lowest BCUT2D eigenvalue weighted by Crippen LogP contribution is -2.38. The summed E-state index contributed by atoms with van der Waals surface area (Å²) >= 11 is 0. The van der Waals surface area contributed by atoms with Gasteiger partial charge in [0.2, 0.25) is 5.89 Å². The third-order valence-electron chi connectivity index (χ3n) is 3.36. The zero-order valence-electron chi connectivity index (χ0n) is 13.1. The van der Waals surface area contributed by atoms with Gasteiger partial charge in [0, 0.05) is 26.5 Å². The number of urea groups is 1. The van der Waals surface area contributed by atoms with Crippen LogP contribution in [0.15, 0.2) is 29.0 Å². The van der Waals surface area contributed by atoms with Crippen LogP contribution in [0.25, 0.3) is 0 Å². The summed E-state index contributed by atoms with van der Waals surface area (Å²) in [6.07, 6.45) is 3.39. The molecule has 0 aromatic carbocycles. The minimum absolute atomic E-state index is 0.0347. The standard InChI is InChI=1S/C14H18N6O3/c1-9(10-5-4-6-16-7-10)20(3)14(22)17-8-11-18-12(19-23-11)13(21)15-2/h4-7,9H,8H2,1-3H3,(H,15,21)(H,17,22). The zero-order chi connectivity index (χ0) is 16.8. The van der Waals surface area contributed by atoms with Gasteiger partial charge < -0.3 is 20.1 Å². The van der Waals surface area contributed by atoms with Crippen molar-refractivity contribution in [2.45, 2.75) is 19.5 Å². The highest BCUT2D eigenvalue weighted by molar-refractivity contribution is 5.89. The Morgan fingerprint density at radius 3 is 2.87 bits per heavy atom. The SMILES string of the molecule is CNC(=O)c1noc(CNC(=O)N(C)C(C)c2cccnc2)n1. The van der Waals surface area contributed by atoms with Gasteiger partial charge in [-0.2, -0.15) is 4.98 Å². The van der Waals surface area contributed by atoms with E-state index in [-0.39, 0.29) is 30.3 Å². The predicted molar refractivity (Wildman–Crippen MR) is 80.3 cm³/mol. The molecule has 1 atom stereocenters. The number of pyridine rings is 1. The molecule has 0 saturated carbocycles. The van der Waals surface area contributed by atoms with Crippen molar-refractivity contribution < 1.29 is 14.1 Å². The largest absolute Gasteiger partial charge is 0.352 e. The number of carbonyl (C=O) groups is 2. The zero-order valence-corrected chi connectivity index (χ0v) is 13.1. The van der Waals surface area contributed by atoms with E-state index in [1.807, 2.05) is 19.1 Å². The molecule has 0 fully saturated rings. The Kier molecular flexibility index (Phi) is 5.23. The molecular formula is C14H18N6O3. The molecule has 0 bridgehead atoms. The first kappa shape index (κ1) is 16.4. The molecule has 0 spiro atoms. The summed E-state index contributed by atoms with van der Waals surface area (Å²) in [6, 6.07) is 3.26. The third kappa shape index (κ3) is 4.02. The van der Waals surface area contributed by atoms with Crippen molar-refractivity contribution in [2.24, 2.45) is 0 Å². The van der Waals surface area contributed by atoms with Crippen molar-refractivity contribution in [3.8, 4) is 0 Å². The van der Waals surface area contributed by atoms with Crippen molar-refractivity contribution >= 4 is 11.9 Å². The van der Waals surface area contributed by atoms with Gasteiger partial charge in [0.15, 0.2) is 0 Å². The second kappa shape index (κ2) is 7.34. The molecule has 0 aliphatic heterocycles. The Labute approximate surface area is 133 Å². The second-order valence-corrected chi connectivity index (χ2v) is 4.82. The summed E-state index contributed by atoms with van der Waals surface area (Å²) < 4.78 is 4.90. The summed E-state index contributed by atoms with van der Waals surface area (Å²) in [4.78, 5) is 32.9. The number of nitrogens with zero attached hydrogens (tertiary/aromatic N) is 4. The maximum atomic E-state index is 12.2. The number of hydrogen-bond acceptors (Lipinski definition) is 6. The number of amides is 3. The Hall–Kier alpha value is -2.97. The van der Waals surface area contributed by atoms with Crippen LogP contribution in [-0.2, 0) is 6.54 Å². The molecule has 9 nitrogen and oxygen atoms in total. The van der Waals surface area contributed by atoms with Crippen molar-refractivity contribution in [1.82, 2.24) is 30.7 Å². The van der Waals surface area contributed by atoms with Crippen LogP contribution in [0.1, 0.15) is 35.0 Å². The maximum absolute atomic E-state index is 12.2. The fourth-order valence-corrected chi connectivity index (χ4v) is 1.83. The molecule has 0 saturated heterocycles. The van der Waals surface area contributed by atoms with E-state index in [9.17, 15) is 9.59 Å². The summed E-state index contributed by atoms with van der Waals surface area (Å²) in [6.45, 7) is 1.93. The topological polar surface area (TPSA) is 113 Å². The quantitative estimate of drug-likeness (QED) is 0.840. The minimum Gasteiger partial charge on any atom is -0.352 e. The van der Waals surface area contributed by atoms with Gasteiger partial charge in [-0.1, -0.05) is 11.2 Å². The molecule has 1 unspecified atom stereocenters. The molecule has 2 heterocycles. The number of rotatable bonds is 5. The van der Waals surface area contributed by atoms with Gasteiger partial charge >= 0.3 is 6.03 Å². The first-order valence-electron chi connectivity index (χ1n) is 6.98. The molecule has 9 heteroatoms. The van der Waals surface area contributed by atoms with Gasteiger partial charge in [0.1, 0.15) is 0 Å².